The van der Waals surface area contributed by atoms with Gasteiger partial charge in [0.05, 0.1) is 6.20 Å². The fourth-order valence-electron chi connectivity index (χ4n) is 1.79. The summed E-state index contributed by atoms with van der Waals surface area (Å²) in [5.74, 6) is 1.32. The van der Waals surface area contributed by atoms with Crippen molar-refractivity contribution in [3.8, 4) is 0 Å². The van der Waals surface area contributed by atoms with Crippen molar-refractivity contribution in [2.24, 2.45) is 0 Å². The third-order valence-corrected chi connectivity index (χ3v) is 3.16. The number of benzene rings is 1. The van der Waals surface area contributed by atoms with Crippen molar-refractivity contribution in [1.82, 2.24) is 9.97 Å². The molecule has 0 amide bonds. The second-order valence-corrected chi connectivity index (χ2v) is 4.68. The molecule has 1 N–H and O–H groups in total. The maximum absolute atomic E-state index is 6.14. The summed E-state index contributed by atoms with van der Waals surface area (Å²) in [6.07, 6.45) is 2.57. The third kappa shape index (κ3) is 3.58. The molecule has 0 fully saturated rings. The normalized spacial score (nSPS) is 10.3. The summed E-state index contributed by atoms with van der Waals surface area (Å²) in [4.78, 5) is 10.5. The van der Waals surface area contributed by atoms with Crippen LogP contribution >= 0.6 is 11.6 Å². The lowest BCUT2D eigenvalue weighted by atomic mass is 10.1. The van der Waals surface area contributed by atoms with Crippen molar-refractivity contribution < 1.29 is 0 Å². The van der Waals surface area contributed by atoms with Crippen LogP contribution in [0, 0.1) is 0 Å². The molecule has 100 valence electrons. The summed E-state index contributed by atoms with van der Waals surface area (Å²) >= 11 is 6.14. The van der Waals surface area contributed by atoms with E-state index in [4.69, 9.17) is 11.6 Å². The van der Waals surface area contributed by atoms with Gasteiger partial charge in [0.15, 0.2) is 5.82 Å². The Morgan fingerprint density at radius 1 is 1.26 bits per heavy atom. The van der Waals surface area contributed by atoms with E-state index < -0.39 is 0 Å². The quantitative estimate of drug-likeness (QED) is 0.912. The summed E-state index contributed by atoms with van der Waals surface area (Å²) in [7, 11) is 3.77. The fourth-order valence-corrected chi connectivity index (χ4v) is 2.03. The maximum Gasteiger partial charge on any atom is 0.224 e. The van der Waals surface area contributed by atoms with Gasteiger partial charge in [-0.1, -0.05) is 41.9 Å². The van der Waals surface area contributed by atoms with Gasteiger partial charge in [-0.15, -0.1) is 0 Å². The second kappa shape index (κ2) is 6.38. The van der Waals surface area contributed by atoms with Crippen molar-refractivity contribution in [2.75, 3.05) is 30.9 Å². The Hall–Kier alpha value is -1.81. The molecule has 0 atom stereocenters. The number of nitrogens with one attached hydrogen (secondary N) is 1. The molecule has 5 heteroatoms. The van der Waals surface area contributed by atoms with Gasteiger partial charge in [0.2, 0.25) is 5.95 Å². The Labute approximate surface area is 118 Å². The number of aromatic nitrogens is 2. The van der Waals surface area contributed by atoms with Crippen molar-refractivity contribution >= 4 is 23.4 Å². The van der Waals surface area contributed by atoms with Gasteiger partial charge in [-0.25, -0.2) is 4.98 Å². The average molecular weight is 277 g/mol. The van der Waals surface area contributed by atoms with Gasteiger partial charge in [-0.3, -0.25) is 0 Å². The number of anilines is 2. The topological polar surface area (TPSA) is 41.1 Å². The van der Waals surface area contributed by atoms with Crippen LogP contribution in [0.4, 0.5) is 11.8 Å². The summed E-state index contributed by atoms with van der Waals surface area (Å²) < 4.78 is 0. The van der Waals surface area contributed by atoms with Crippen LogP contribution in [-0.2, 0) is 6.42 Å². The molecule has 19 heavy (non-hydrogen) atoms. The lowest BCUT2D eigenvalue weighted by Crippen LogP contribution is -2.22. The fraction of sp³-hybridized carbons (Fsp3) is 0.286. The molecule has 2 rings (SSSR count). The lowest BCUT2D eigenvalue weighted by molar-refractivity contribution is 0.857. The molecule has 0 unspecified atom stereocenters. The highest BCUT2D eigenvalue weighted by atomic mass is 35.5. The van der Waals surface area contributed by atoms with Gasteiger partial charge in [-0.2, -0.15) is 4.98 Å². The molecule has 0 saturated carbocycles. The predicted octanol–water partition coefficient (Wildman–Crippen LogP) is 2.85. The van der Waals surface area contributed by atoms with Gasteiger partial charge < -0.3 is 10.2 Å². The molecule has 0 spiro atoms. The Balaban J connectivity index is 2.05. The molecule has 1 heterocycles. The first-order chi connectivity index (χ1) is 9.20. The van der Waals surface area contributed by atoms with Crippen LogP contribution in [0.25, 0.3) is 0 Å². The first-order valence-corrected chi connectivity index (χ1v) is 6.54. The Bertz CT molecular complexity index is 530. The van der Waals surface area contributed by atoms with Crippen molar-refractivity contribution in [2.45, 2.75) is 6.42 Å². The van der Waals surface area contributed by atoms with E-state index in [0.29, 0.717) is 11.0 Å². The van der Waals surface area contributed by atoms with Crippen molar-refractivity contribution in [3.05, 3.63) is 47.1 Å². The predicted molar refractivity (Wildman–Crippen MR) is 80.0 cm³/mol. The number of hydrogen-bond acceptors (Lipinski definition) is 4. The highest BCUT2D eigenvalue weighted by molar-refractivity contribution is 6.32. The SMILES string of the molecule is CNc1ncc(Cl)c(N(C)CCc2ccccc2)n1. The van der Waals surface area contributed by atoms with E-state index in [2.05, 4.69) is 27.4 Å². The van der Waals surface area contributed by atoms with Crippen molar-refractivity contribution in [1.29, 1.82) is 0 Å². The lowest BCUT2D eigenvalue weighted by Gasteiger charge is -2.19. The molecule has 0 aliphatic carbocycles. The zero-order valence-electron chi connectivity index (χ0n) is 11.1. The minimum Gasteiger partial charge on any atom is -0.358 e. The monoisotopic (exact) mass is 276 g/mol. The van der Waals surface area contributed by atoms with Crippen LogP contribution in [-0.4, -0.2) is 30.6 Å². The van der Waals surface area contributed by atoms with Crippen LogP contribution in [0.2, 0.25) is 5.02 Å². The van der Waals surface area contributed by atoms with Crippen LogP contribution in [0.3, 0.4) is 0 Å². The summed E-state index contributed by atoms with van der Waals surface area (Å²) in [6.45, 7) is 0.851. The van der Waals surface area contributed by atoms with E-state index in [-0.39, 0.29) is 0 Å². The Kier molecular flexibility index (Phi) is 4.58. The van der Waals surface area contributed by atoms with E-state index >= 15 is 0 Å². The van der Waals surface area contributed by atoms with Gasteiger partial charge in [-0.05, 0) is 12.0 Å². The minimum atomic E-state index is 0.564. The first kappa shape index (κ1) is 13.6. The number of halogens is 1. The molecule has 1 aromatic heterocycles. The van der Waals surface area contributed by atoms with E-state index in [0.717, 1.165) is 18.8 Å². The highest BCUT2D eigenvalue weighted by Crippen LogP contribution is 2.22. The van der Waals surface area contributed by atoms with Gasteiger partial charge in [0.25, 0.3) is 0 Å². The molecule has 0 radical (unpaired) electrons. The Morgan fingerprint density at radius 3 is 2.68 bits per heavy atom. The highest BCUT2D eigenvalue weighted by Gasteiger charge is 2.09. The second-order valence-electron chi connectivity index (χ2n) is 4.27. The average Bonchev–Trinajstić information content (AvgIpc) is 2.46. The molecule has 0 aliphatic heterocycles. The molecule has 1 aromatic carbocycles. The zero-order valence-corrected chi connectivity index (χ0v) is 11.9. The molecular weight excluding hydrogens is 260 g/mol. The van der Waals surface area contributed by atoms with Crippen molar-refractivity contribution in [3.63, 3.8) is 0 Å². The molecule has 4 nitrogen and oxygen atoms in total. The van der Waals surface area contributed by atoms with Gasteiger partial charge in [0.1, 0.15) is 5.02 Å². The third-order valence-electron chi connectivity index (χ3n) is 2.89. The van der Waals surface area contributed by atoms with E-state index in [9.17, 15) is 0 Å². The zero-order chi connectivity index (χ0) is 13.7. The van der Waals surface area contributed by atoms with Crippen LogP contribution in [0.1, 0.15) is 5.56 Å². The summed E-state index contributed by atoms with van der Waals surface area (Å²) in [6, 6.07) is 10.4. The number of nitrogens with zero attached hydrogens (tertiary/aromatic N) is 3. The van der Waals surface area contributed by atoms with Crippen LogP contribution in [0.5, 0.6) is 0 Å². The van der Waals surface area contributed by atoms with E-state index in [1.807, 2.05) is 30.1 Å². The van der Waals surface area contributed by atoms with E-state index in [1.165, 1.54) is 5.56 Å². The summed E-state index contributed by atoms with van der Waals surface area (Å²) in [5.41, 5.74) is 1.30. The molecule has 0 saturated heterocycles. The van der Waals surface area contributed by atoms with E-state index in [1.54, 1.807) is 13.2 Å². The van der Waals surface area contributed by atoms with Crippen LogP contribution < -0.4 is 10.2 Å². The van der Waals surface area contributed by atoms with Crippen LogP contribution in [0.15, 0.2) is 36.5 Å². The molecule has 0 bridgehead atoms. The first-order valence-electron chi connectivity index (χ1n) is 6.16. The van der Waals surface area contributed by atoms with Gasteiger partial charge >= 0.3 is 0 Å². The Morgan fingerprint density at radius 2 is 2.00 bits per heavy atom. The molecule has 2 aromatic rings. The molecular formula is C14H17ClN4. The number of hydrogen-bond donors (Lipinski definition) is 1. The molecule has 0 aliphatic rings. The largest absolute Gasteiger partial charge is 0.358 e. The number of rotatable bonds is 5. The summed E-state index contributed by atoms with van der Waals surface area (Å²) in [5, 5.41) is 3.48. The maximum atomic E-state index is 6.14. The standard InChI is InChI=1S/C14H17ClN4/c1-16-14-17-10-12(15)13(18-14)19(2)9-8-11-6-4-3-5-7-11/h3-7,10H,8-9H2,1-2H3,(H,16,17,18). The smallest absolute Gasteiger partial charge is 0.224 e. The minimum absolute atomic E-state index is 0.564. The number of likely N-dealkylation sites (N-methyl/N-ethyl adjacent to an activating group) is 1. The van der Waals surface area contributed by atoms with Gasteiger partial charge in [0, 0.05) is 20.6 Å².